The number of benzene rings is 2. The first kappa shape index (κ1) is 23.7. The molecule has 3 aromatic rings. The zero-order valence-electron chi connectivity index (χ0n) is 19.4. The number of carbonyl (C=O) groups excluding carboxylic acids is 1. The Labute approximate surface area is 198 Å². The molecule has 0 radical (unpaired) electrons. The first-order valence-corrected chi connectivity index (χ1v) is 11.7. The predicted molar refractivity (Wildman–Crippen MR) is 129 cm³/mol. The first-order chi connectivity index (χ1) is 16.6. The molecule has 8 heteroatoms. The van der Waals surface area contributed by atoms with Gasteiger partial charge in [0.2, 0.25) is 5.91 Å². The van der Waals surface area contributed by atoms with Crippen molar-refractivity contribution in [3.63, 3.8) is 0 Å². The third-order valence-corrected chi connectivity index (χ3v) is 6.22. The average molecular weight is 463 g/mol. The summed E-state index contributed by atoms with van der Waals surface area (Å²) in [7, 11) is 1.64. The van der Waals surface area contributed by atoms with Crippen molar-refractivity contribution in [2.45, 2.75) is 50.7 Å². The van der Waals surface area contributed by atoms with E-state index < -0.39 is 6.04 Å². The van der Waals surface area contributed by atoms with E-state index in [1.807, 2.05) is 42.5 Å². The number of hydrogen-bond donors (Lipinski definition) is 2. The number of amides is 1. The minimum atomic E-state index is -0.578. The zero-order chi connectivity index (χ0) is 23.9. The Bertz CT molecular complexity index is 1220. The molecule has 4 rings (SSSR count). The van der Waals surface area contributed by atoms with Gasteiger partial charge in [-0.3, -0.25) is 9.36 Å². The van der Waals surface area contributed by atoms with Gasteiger partial charge in [-0.15, -0.1) is 0 Å². The van der Waals surface area contributed by atoms with Crippen LogP contribution < -0.4 is 16.4 Å². The smallest absolute Gasteiger partial charge is 0.408 e. The van der Waals surface area contributed by atoms with Crippen LogP contribution in [0.3, 0.4) is 0 Å². The molecular weight excluding hydrogens is 432 g/mol. The molecule has 1 aliphatic heterocycles. The van der Waals surface area contributed by atoms with Crippen molar-refractivity contribution in [2.24, 2.45) is 0 Å². The van der Waals surface area contributed by atoms with Gasteiger partial charge in [-0.05, 0) is 54.6 Å². The topological polar surface area (TPSA) is 109 Å². The normalized spacial score (nSPS) is 16.8. The maximum absolute atomic E-state index is 12.5. The van der Waals surface area contributed by atoms with Crippen LogP contribution in [0.15, 0.2) is 51.7 Å². The Morgan fingerprint density at radius 2 is 2.06 bits per heavy atom. The molecule has 2 atom stereocenters. The number of piperidine rings is 1. The van der Waals surface area contributed by atoms with E-state index in [-0.39, 0.29) is 17.7 Å². The van der Waals surface area contributed by atoms with E-state index in [1.165, 1.54) is 0 Å². The van der Waals surface area contributed by atoms with Crippen molar-refractivity contribution in [2.75, 3.05) is 20.3 Å². The number of hydrogen-bond acceptors (Lipinski definition) is 6. The first-order valence-electron chi connectivity index (χ1n) is 11.7. The Hall–Kier alpha value is -3.41. The molecular formula is C26H30N4O4. The maximum atomic E-state index is 12.5. The Morgan fingerprint density at radius 1 is 1.26 bits per heavy atom. The standard InChI is InChI=1S/C26H30N4O4/c1-33-14-4-13-30-23-16-20(10-11-24(23)34-26(30)32)19-8-6-18(7-9-19)15-21(17-27)29-25(31)22-5-2-3-12-28-22/h6-11,16,21-22,28H,2-5,12-15H2,1H3,(H,29,31). The maximum Gasteiger partial charge on any atom is 0.419 e. The molecule has 2 aromatic carbocycles. The van der Waals surface area contributed by atoms with E-state index in [0.717, 1.165) is 54.4 Å². The largest absolute Gasteiger partial charge is 0.419 e. The van der Waals surface area contributed by atoms with Crippen LogP contribution in [0.5, 0.6) is 0 Å². The van der Waals surface area contributed by atoms with Crippen LogP contribution in [0, 0.1) is 11.3 Å². The Kier molecular flexibility index (Phi) is 7.78. The lowest BCUT2D eigenvalue weighted by atomic mass is 10.00. The summed E-state index contributed by atoms with van der Waals surface area (Å²) in [6.45, 7) is 1.94. The highest BCUT2D eigenvalue weighted by molar-refractivity contribution is 5.82. The summed E-state index contributed by atoms with van der Waals surface area (Å²) in [5.41, 5.74) is 4.24. The molecule has 1 aliphatic rings. The summed E-state index contributed by atoms with van der Waals surface area (Å²) in [5.74, 6) is -0.473. The highest BCUT2D eigenvalue weighted by Crippen LogP contribution is 2.25. The van der Waals surface area contributed by atoms with Crippen molar-refractivity contribution in [3.05, 3.63) is 58.6 Å². The van der Waals surface area contributed by atoms with Gasteiger partial charge < -0.3 is 19.8 Å². The molecule has 34 heavy (non-hydrogen) atoms. The fourth-order valence-electron chi connectivity index (χ4n) is 4.37. The SMILES string of the molecule is COCCCn1c(=O)oc2ccc(-c3ccc(CC(C#N)NC(=O)C4CCCCN4)cc3)cc21. The van der Waals surface area contributed by atoms with Gasteiger partial charge in [0.05, 0.1) is 17.6 Å². The number of ether oxygens (including phenoxy) is 1. The Morgan fingerprint density at radius 3 is 2.76 bits per heavy atom. The predicted octanol–water partition coefficient (Wildman–Crippen LogP) is 2.99. The Balaban J connectivity index is 1.45. The number of nitrogens with zero attached hydrogens (tertiary/aromatic N) is 2. The van der Waals surface area contributed by atoms with Crippen LogP contribution in [-0.4, -0.2) is 42.8 Å². The second kappa shape index (κ2) is 11.1. The number of fused-ring (bicyclic) bond motifs is 1. The monoisotopic (exact) mass is 462 g/mol. The third-order valence-electron chi connectivity index (χ3n) is 6.22. The van der Waals surface area contributed by atoms with Gasteiger partial charge in [0.1, 0.15) is 6.04 Å². The molecule has 0 saturated carbocycles. The van der Waals surface area contributed by atoms with Gasteiger partial charge in [-0.25, -0.2) is 4.79 Å². The van der Waals surface area contributed by atoms with E-state index in [4.69, 9.17) is 9.15 Å². The second-order valence-corrected chi connectivity index (χ2v) is 8.64. The fourth-order valence-corrected chi connectivity index (χ4v) is 4.37. The summed E-state index contributed by atoms with van der Waals surface area (Å²) >= 11 is 0. The third kappa shape index (κ3) is 5.56. The highest BCUT2D eigenvalue weighted by atomic mass is 16.5. The lowest BCUT2D eigenvalue weighted by Gasteiger charge is -2.23. The van der Waals surface area contributed by atoms with E-state index in [9.17, 15) is 14.9 Å². The number of aromatic nitrogens is 1. The number of rotatable bonds is 9. The van der Waals surface area contributed by atoms with Crippen LogP contribution in [0.1, 0.15) is 31.2 Å². The number of oxazole rings is 1. The molecule has 1 amide bonds. The van der Waals surface area contributed by atoms with Crippen LogP contribution in [-0.2, 0) is 22.5 Å². The van der Waals surface area contributed by atoms with Gasteiger partial charge >= 0.3 is 5.76 Å². The van der Waals surface area contributed by atoms with E-state index in [1.54, 1.807) is 11.7 Å². The van der Waals surface area contributed by atoms with Crippen LogP contribution in [0.2, 0.25) is 0 Å². The van der Waals surface area contributed by atoms with Crippen molar-refractivity contribution in [1.82, 2.24) is 15.2 Å². The van der Waals surface area contributed by atoms with Gasteiger partial charge in [0.15, 0.2) is 5.58 Å². The number of carbonyl (C=O) groups is 1. The van der Waals surface area contributed by atoms with Crippen molar-refractivity contribution in [3.8, 4) is 17.2 Å². The molecule has 2 unspecified atom stereocenters. The van der Waals surface area contributed by atoms with Crippen molar-refractivity contribution in [1.29, 1.82) is 5.26 Å². The van der Waals surface area contributed by atoms with E-state index in [2.05, 4.69) is 16.7 Å². The number of nitrogens with one attached hydrogen (secondary N) is 2. The summed E-state index contributed by atoms with van der Waals surface area (Å²) in [5, 5.41) is 15.6. The molecule has 178 valence electrons. The van der Waals surface area contributed by atoms with Gasteiger partial charge in [0, 0.05) is 26.7 Å². The summed E-state index contributed by atoms with van der Waals surface area (Å²) < 4.78 is 12.1. The van der Waals surface area contributed by atoms with Crippen molar-refractivity contribution >= 4 is 17.0 Å². The minimum Gasteiger partial charge on any atom is -0.408 e. The molecule has 0 aliphatic carbocycles. The minimum absolute atomic E-state index is 0.104. The van der Waals surface area contributed by atoms with Crippen molar-refractivity contribution < 1.29 is 13.9 Å². The molecule has 2 N–H and O–H groups in total. The molecule has 0 bridgehead atoms. The summed E-state index contributed by atoms with van der Waals surface area (Å²) in [4.78, 5) is 24.7. The molecule has 2 heterocycles. The van der Waals surface area contributed by atoms with E-state index in [0.29, 0.717) is 25.2 Å². The molecule has 1 aromatic heterocycles. The lowest BCUT2D eigenvalue weighted by molar-refractivity contribution is -0.124. The van der Waals surface area contributed by atoms with Gasteiger partial charge in [-0.1, -0.05) is 36.8 Å². The van der Waals surface area contributed by atoms with E-state index >= 15 is 0 Å². The molecule has 8 nitrogen and oxygen atoms in total. The molecule has 0 spiro atoms. The number of aryl methyl sites for hydroxylation is 1. The summed E-state index contributed by atoms with van der Waals surface area (Å²) in [6, 6.07) is 15.0. The average Bonchev–Trinajstić information content (AvgIpc) is 3.19. The number of methoxy groups -OCH3 is 1. The molecule has 1 saturated heterocycles. The molecule has 1 fully saturated rings. The lowest BCUT2D eigenvalue weighted by Crippen LogP contribution is -2.49. The fraction of sp³-hybridized carbons (Fsp3) is 0.423. The highest BCUT2D eigenvalue weighted by Gasteiger charge is 2.23. The quantitative estimate of drug-likeness (QED) is 0.473. The summed E-state index contributed by atoms with van der Waals surface area (Å²) in [6.07, 6.45) is 4.07. The van der Waals surface area contributed by atoms with Gasteiger partial charge in [0.25, 0.3) is 0 Å². The zero-order valence-corrected chi connectivity index (χ0v) is 19.4. The number of nitriles is 1. The van der Waals surface area contributed by atoms with Crippen LogP contribution >= 0.6 is 0 Å². The van der Waals surface area contributed by atoms with Gasteiger partial charge in [-0.2, -0.15) is 5.26 Å². The van der Waals surface area contributed by atoms with Crippen LogP contribution in [0.25, 0.3) is 22.2 Å². The van der Waals surface area contributed by atoms with Crippen LogP contribution in [0.4, 0.5) is 0 Å². The second-order valence-electron chi connectivity index (χ2n) is 8.64.